The molecule has 0 saturated carbocycles. The number of nitrogen functional groups attached to an aromatic ring is 2. The Labute approximate surface area is 119 Å². The average molecular weight is 276 g/mol. The molecule has 0 unspecified atom stereocenters. The van der Waals surface area contributed by atoms with Crippen LogP contribution in [0.3, 0.4) is 0 Å². The molecule has 0 aliphatic carbocycles. The van der Waals surface area contributed by atoms with Gasteiger partial charge in [0.15, 0.2) is 0 Å². The molecule has 2 rings (SSSR count). The van der Waals surface area contributed by atoms with Crippen LogP contribution in [0.15, 0.2) is 16.9 Å². The van der Waals surface area contributed by atoms with Gasteiger partial charge in [0.1, 0.15) is 0 Å². The van der Waals surface area contributed by atoms with E-state index in [0.717, 1.165) is 49.8 Å². The highest BCUT2D eigenvalue weighted by molar-refractivity contribution is 5.86. The van der Waals surface area contributed by atoms with Crippen LogP contribution in [0.2, 0.25) is 0 Å². The van der Waals surface area contributed by atoms with Crippen LogP contribution in [0.1, 0.15) is 39.5 Å². The van der Waals surface area contributed by atoms with Crippen molar-refractivity contribution in [2.45, 2.75) is 52.6 Å². The minimum absolute atomic E-state index is 0.0481. The first kappa shape index (κ1) is 14.5. The molecule has 0 atom stereocenters. The summed E-state index contributed by atoms with van der Waals surface area (Å²) in [6.45, 7) is 5.70. The van der Waals surface area contributed by atoms with Crippen LogP contribution < -0.4 is 17.2 Å². The van der Waals surface area contributed by atoms with Crippen molar-refractivity contribution >= 4 is 22.4 Å². The summed E-state index contributed by atoms with van der Waals surface area (Å²) in [4.78, 5) is 12.6. The SMILES string of the molecule is CCCCn1c(=O)n(CCCC)c2cc(N)c(N)cc21. The van der Waals surface area contributed by atoms with Crippen LogP contribution in [0.25, 0.3) is 11.0 Å². The van der Waals surface area contributed by atoms with E-state index >= 15 is 0 Å². The molecular formula is C15H24N4O. The van der Waals surface area contributed by atoms with Gasteiger partial charge in [0.2, 0.25) is 0 Å². The third-order valence-electron chi connectivity index (χ3n) is 3.69. The Balaban J connectivity index is 2.62. The Bertz CT molecular complexity index is 600. The fraction of sp³-hybridized carbons (Fsp3) is 0.533. The molecule has 0 aliphatic heterocycles. The second-order valence-electron chi connectivity index (χ2n) is 5.26. The van der Waals surface area contributed by atoms with E-state index in [1.54, 1.807) is 0 Å². The number of fused-ring (bicyclic) bond motifs is 1. The molecule has 110 valence electrons. The summed E-state index contributed by atoms with van der Waals surface area (Å²) >= 11 is 0. The molecule has 0 bridgehead atoms. The molecule has 20 heavy (non-hydrogen) atoms. The first-order valence-corrected chi connectivity index (χ1v) is 7.38. The van der Waals surface area contributed by atoms with E-state index in [4.69, 9.17) is 11.5 Å². The van der Waals surface area contributed by atoms with E-state index in [1.165, 1.54) is 0 Å². The number of nitrogens with zero attached hydrogens (tertiary/aromatic N) is 2. The molecule has 1 aromatic heterocycles. The Morgan fingerprint density at radius 3 is 1.65 bits per heavy atom. The number of nitrogens with two attached hydrogens (primary N) is 2. The monoisotopic (exact) mass is 276 g/mol. The molecule has 0 saturated heterocycles. The third-order valence-corrected chi connectivity index (χ3v) is 3.69. The zero-order chi connectivity index (χ0) is 14.7. The maximum atomic E-state index is 12.6. The van der Waals surface area contributed by atoms with Gasteiger partial charge >= 0.3 is 5.69 Å². The number of hydrogen-bond donors (Lipinski definition) is 2. The van der Waals surface area contributed by atoms with Crippen LogP contribution in [-0.4, -0.2) is 9.13 Å². The van der Waals surface area contributed by atoms with Gasteiger partial charge in [-0.3, -0.25) is 9.13 Å². The average Bonchev–Trinajstić information content (AvgIpc) is 2.67. The molecule has 4 N–H and O–H groups in total. The smallest absolute Gasteiger partial charge is 0.329 e. The summed E-state index contributed by atoms with van der Waals surface area (Å²) in [5, 5.41) is 0. The highest BCUT2D eigenvalue weighted by Crippen LogP contribution is 2.24. The lowest BCUT2D eigenvalue weighted by molar-refractivity contribution is 0.574. The molecule has 5 heteroatoms. The minimum atomic E-state index is 0.0481. The predicted molar refractivity (Wildman–Crippen MR) is 84.8 cm³/mol. The second-order valence-corrected chi connectivity index (χ2v) is 5.26. The van der Waals surface area contributed by atoms with Gasteiger partial charge in [-0.15, -0.1) is 0 Å². The standard InChI is InChI=1S/C15H24N4O/c1-3-5-7-18-13-9-11(16)12(17)10-14(13)19(15(18)20)8-6-4-2/h9-10H,3-8,16-17H2,1-2H3. The van der Waals surface area contributed by atoms with Crippen molar-refractivity contribution in [1.29, 1.82) is 0 Å². The number of aryl methyl sites for hydroxylation is 2. The fourth-order valence-corrected chi connectivity index (χ4v) is 2.46. The highest BCUT2D eigenvalue weighted by atomic mass is 16.1. The Hall–Kier alpha value is -1.91. The van der Waals surface area contributed by atoms with Gasteiger partial charge in [0, 0.05) is 13.1 Å². The van der Waals surface area contributed by atoms with Gasteiger partial charge in [-0.2, -0.15) is 0 Å². The molecule has 0 spiro atoms. The number of aromatic nitrogens is 2. The predicted octanol–water partition coefficient (Wildman–Crippen LogP) is 2.57. The van der Waals surface area contributed by atoms with Crippen molar-refractivity contribution in [2.75, 3.05) is 11.5 Å². The molecule has 0 fully saturated rings. The number of anilines is 2. The van der Waals surface area contributed by atoms with E-state index in [2.05, 4.69) is 13.8 Å². The highest BCUT2D eigenvalue weighted by Gasteiger charge is 2.14. The summed E-state index contributed by atoms with van der Waals surface area (Å²) in [5.74, 6) is 0. The van der Waals surface area contributed by atoms with Gasteiger partial charge in [0.25, 0.3) is 0 Å². The zero-order valence-corrected chi connectivity index (χ0v) is 12.4. The van der Waals surface area contributed by atoms with Crippen molar-refractivity contribution in [3.63, 3.8) is 0 Å². The Morgan fingerprint density at radius 1 is 0.900 bits per heavy atom. The van der Waals surface area contributed by atoms with Crippen molar-refractivity contribution in [1.82, 2.24) is 9.13 Å². The van der Waals surface area contributed by atoms with Crippen LogP contribution in [0.5, 0.6) is 0 Å². The molecule has 0 amide bonds. The first-order chi connectivity index (χ1) is 9.60. The van der Waals surface area contributed by atoms with Gasteiger partial charge in [0.05, 0.1) is 22.4 Å². The van der Waals surface area contributed by atoms with Crippen molar-refractivity contribution in [3.05, 3.63) is 22.6 Å². The van der Waals surface area contributed by atoms with Gasteiger partial charge in [-0.05, 0) is 25.0 Å². The van der Waals surface area contributed by atoms with Crippen molar-refractivity contribution in [3.8, 4) is 0 Å². The summed E-state index contributed by atoms with van der Waals surface area (Å²) < 4.78 is 3.65. The lowest BCUT2D eigenvalue weighted by atomic mass is 10.2. The summed E-state index contributed by atoms with van der Waals surface area (Å²) in [7, 11) is 0. The van der Waals surface area contributed by atoms with Crippen molar-refractivity contribution < 1.29 is 0 Å². The van der Waals surface area contributed by atoms with Gasteiger partial charge in [-0.1, -0.05) is 26.7 Å². The molecule has 1 aromatic carbocycles. The van der Waals surface area contributed by atoms with Crippen molar-refractivity contribution in [2.24, 2.45) is 0 Å². The minimum Gasteiger partial charge on any atom is -0.397 e. The molecule has 2 aromatic rings. The summed E-state index contributed by atoms with van der Waals surface area (Å²) in [6, 6.07) is 3.65. The van der Waals surface area contributed by atoms with E-state index in [1.807, 2.05) is 21.3 Å². The number of benzene rings is 1. The zero-order valence-electron chi connectivity index (χ0n) is 12.4. The van der Waals surface area contributed by atoms with Crippen LogP contribution in [-0.2, 0) is 13.1 Å². The molecule has 0 radical (unpaired) electrons. The Kier molecular flexibility index (Phi) is 4.37. The van der Waals surface area contributed by atoms with E-state index in [9.17, 15) is 4.79 Å². The molecule has 1 heterocycles. The van der Waals surface area contributed by atoms with Gasteiger partial charge < -0.3 is 11.5 Å². The number of rotatable bonds is 6. The largest absolute Gasteiger partial charge is 0.397 e. The molecule has 5 nitrogen and oxygen atoms in total. The van der Waals surface area contributed by atoms with E-state index in [0.29, 0.717) is 11.4 Å². The summed E-state index contributed by atoms with van der Waals surface area (Å²) in [5.41, 5.74) is 14.7. The number of imidazole rings is 1. The topological polar surface area (TPSA) is 79.0 Å². The fourth-order valence-electron chi connectivity index (χ4n) is 2.46. The summed E-state index contributed by atoms with van der Waals surface area (Å²) in [6.07, 6.45) is 4.07. The van der Waals surface area contributed by atoms with E-state index < -0.39 is 0 Å². The quantitative estimate of drug-likeness (QED) is 0.796. The normalized spacial score (nSPS) is 11.3. The number of hydrogen-bond acceptors (Lipinski definition) is 3. The van der Waals surface area contributed by atoms with Crippen LogP contribution in [0.4, 0.5) is 11.4 Å². The third kappa shape index (κ3) is 2.53. The lowest BCUT2D eigenvalue weighted by Crippen LogP contribution is -2.24. The maximum absolute atomic E-state index is 12.6. The van der Waals surface area contributed by atoms with E-state index in [-0.39, 0.29) is 5.69 Å². The van der Waals surface area contributed by atoms with Crippen LogP contribution in [0, 0.1) is 0 Å². The van der Waals surface area contributed by atoms with Crippen LogP contribution >= 0.6 is 0 Å². The number of unbranched alkanes of at least 4 members (excludes halogenated alkanes) is 2. The molecular weight excluding hydrogens is 252 g/mol. The molecule has 0 aliphatic rings. The second kappa shape index (κ2) is 6.03. The van der Waals surface area contributed by atoms with Gasteiger partial charge in [-0.25, -0.2) is 4.79 Å². The maximum Gasteiger partial charge on any atom is 0.329 e. The Morgan fingerprint density at radius 2 is 1.30 bits per heavy atom. The first-order valence-electron chi connectivity index (χ1n) is 7.38. The lowest BCUT2D eigenvalue weighted by Gasteiger charge is -2.04.